The van der Waals surface area contributed by atoms with Crippen LogP contribution in [0.1, 0.15) is 58.1 Å². The quantitative estimate of drug-likeness (QED) is 0.255. The smallest absolute Gasteiger partial charge is 0.407 e. The molecule has 0 saturated heterocycles. The zero-order valence-electron chi connectivity index (χ0n) is 17.9. The highest BCUT2D eigenvalue weighted by atomic mass is 127. The molecule has 0 aliphatic heterocycles. The lowest BCUT2D eigenvalue weighted by molar-refractivity contribution is 0.146. The highest BCUT2D eigenvalue weighted by Gasteiger charge is 2.16. The number of alkyl carbamates (subject to hydrolysis) is 1. The predicted octanol–water partition coefficient (Wildman–Crippen LogP) is 3.24. The maximum Gasteiger partial charge on any atom is 0.407 e. The van der Waals surface area contributed by atoms with Crippen LogP contribution >= 0.6 is 24.0 Å². The first-order chi connectivity index (χ1) is 12.9. The molecule has 1 heterocycles. The van der Waals surface area contributed by atoms with Gasteiger partial charge in [0.05, 0.1) is 12.3 Å². The number of nitrogens with one attached hydrogen (secondary N) is 3. The van der Waals surface area contributed by atoms with Crippen LogP contribution in [0.5, 0.6) is 0 Å². The van der Waals surface area contributed by atoms with Gasteiger partial charge >= 0.3 is 6.09 Å². The van der Waals surface area contributed by atoms with E-state index in [1.54, 1.807) is 14.0 Å². The number of hydrogen-bond donors (Lipinski definition) is 3. The third-order valence-electron chi connectivity index (χ3n) is 4.13. The number of carbonyl (C=O) groups is 1. The molecule has 0 bridgehead atoms. The van der Waals surface area contributed by atoms with E-state index in [-0.39, 0.29) is 30.0 Å². The van der Waals surface area contributed by atoms with Crippen LogP contribution < -0.4 is 16.0 Å². The molecule has 3 N–H and O–H groups in total. The fourth-order valence-electron chi connectivity index (χ4n) is 2.85. The Morgan fingerprint density at radius 3 is 2.46 bits per heavy atom. The fraction of sp³-hybridized carbons (Fsp3) is 0.737. The Bertz CT molecular complexity index is 583. The van der Waals surface area contributed by atoms with Crippen LogP contribution in [0.3, 0.4) is 0 Å². The van der Waals surface area contributed by atoms with Gasteiger partial charge in [-0.3, -0.25) is 4.99 Å². The van der Waals surface area contributed by atoms with Gasteiger partial charge in [-0.15, -0.1) is 24.0 Å². The first-order valence-electron chi connectivity index (χ1n) is 9.79. The fourth-order valence-corrected chi connectivity index (χ4v) is 2.85. The molecule has 0 aromatic carbocycles. The van der Waals surface area contributed by atoms with Crippen molar-refractivity contribution in [3.63, 3.8) is 0 Å². The van der Waals surface area contributed by atoms with Crippen molar-refractivity contribution in [2.24, 2.45) is 10.9 Å². The van der Waals surface area contributed by atoms with Crippen molar-refractivity contribution in [2.75, 3.05) is 20.2 Å². The van der Waals surface area contributed by atoms with Crippen molar-refractivity contribution >= 4 is 36.0 Å². The molecule has 0 spiro atoms. The van der Waals surface area contributed by atoms with Crippen molar-refractivity contribution in [1.82, 2.24) is 21.1 Å². The molecule has 1 atom stereocenters. The highest BCUT2D eigenvalue weighted by Crippen LogP contribution is 2.15. The third kappa shape index (κ3) is 9.11. The summed E-state index contributed by atoms with van der Waals surface area (Å²) in [4.78, 5) is 16.0. The number of hydrogen-bond acceptors (Lipinski definition) is 5. The second-order valence-corrected chi connectivity index (χ2v) is 6.74. The number of ether oxygens (including phenoxy) is 1. The molecular formula is C19H36IN5O3. The summed E-state index contributed by atoms with van der Waals surface area (Å²) < 4.78 is 10.4. The molecule has 1 aromatic rings. The number of aryl methyl sites for hydroxylation is 2. The van der Waals surface area contributed by atoms with E-state index in [9.17, 15) is 4.79 Å². The average molecular weight is 509 g/mol. The van der Waals surface area contributed by atoms with Gasteiger partial charge in [-0.25, -0.2) is 4.79 Å². The van der Waals surface area contributed by atoms with Crippen molar-refractivity contribution in [3.8, 4) is 0 Å². The molecule has 0 saturated carbocycles. The second kappa shape index (κ2) is 14.5. The molecule has 1 aromatic heterocycles. The molecule has 1 amide bonds. The summed E-state index contributed by atoms with van der Waals surface area (Å²) in [5.74, 6) is 2.01. The number of aromatic nitrogens is 1. The van der Waals surface area contributed by atoms with E-state index in [1.807, 2.05) is 6.92 Å². The van der Waals surface area contributed by atoms with Crippen LogP contribution in [0, 0.1) is 5.92 Å². The van der Waals surface area contributed by atoms with Crippen LogP contribution in [-0.4, -0.2) is 43.5 Å². The summed E-state index contributed by atoms with van der Waals surface area (Å²) >= 11 is 0. The van der Waals surface area contributed by atoms with Crippen molar-refractivity contribution < 1.29 is 14.1 Å². The minimum Gasteiger partial charge on any atom is -0.450 e. The van der Waals surface area contributed by atoms with Gasteiger partial charge < -0.3 is 25.2 Å². The van der Waals surface area contributed by atoms with E-state index in [0.29, 0.717) is 31.6 Å². The van der Waals surface area contributed by atoms with E-state index in [4.69, 9.17) is 9.26 Å². The standard InChI is InChI=1S/C19H35N5O3.HI/c1-7-16-15(17(8-2)27-24-16)12-22-18(20-6)21-11-14(10-13(4)5)23-19(25)26-9-3;/h13-14H,7-12H2,1-6H3,(H,23,25)(H2,20,21,22);1H. The summed E-state index contributed by atoms with van der Waals surface area (Å²) in [5.41, 5.74) is 2.06. The first kappa shape index (κ1) is 26.5. The Kier molecular flexibility index (Phi) is 13.7. The lowest BCUT2D eigenvalue weighted by Gasteiger charge is -2.22. The Hall–Kier alpha value is -1.52. The van der Waals surface area contributed by atoms with Gasteiger partial charge in [0.25, 0.3) is 0 Å². The summed E-state index contributed by atoms with van der Waals surface area (Å²) in [6.07, 6.45) is 2.08. The second-order valence-electron chi connectivity index (χ2n) is 6.74. The summed E-state index contributed by atoms with van der Waals surface area (Å²) in [5, 5.41) is 13.6. The van der Waals surface area contributed by atoms with Gasteiger partial charge in [-0.1, -0.05) is 32.9 Å². The Morgan fingerprint density at radius 2 is 1.93 bits per heavy atom. The normalized spacial score (nSPS) is 12.3. The molecule has 9 heteroatoms. The predicted molar refractivity (Wildman–Crippen MR) is 122 cm³/mol. The van der Waals surface area contributed by atoms with Crippen LogP contribution in [0.25, 0.3) is 0 Å². The van der Waals surface area contributed by atoms with Gasteiger partial charge in [0.1, 0.15) is 5.76 Å². The number of carbonyl (C=O) groups excluding carboxylic acids is 1. The Balaban J connectivity index is 0.00000729. The summed E-state index contributed by atoms with van der Waals surface area (Å²) in [6.45, 7) is 11.7. The number of guanidine groups is 1. The minimum atomic E-state index is -0.391. The van der Waals surface area contributed by atoms with E-state index in [1.165, 1.54) is 0 Å². The SMILES string of the molecule is CCOC(=O)NC(CNC(=NC)NCc1c(CC)noc1CC)CC(C)C.I. The molecule has 0 radical (unpaired) electrons. The molecule has 1 rings (SSSR count). The van der Waals surface area contributed by atoms with E-state index in [2.05, 4.69) is 46.9 Å². The van der Waals surface area contributed by atoms with Gasteiger partial charge in [0, 0.05) is 38.2 Å². The monoisotopic (exact) mass is 509 g/mol. The van der Waals surface area contributed by atoms with Gasteiger partial charge in [-0.05, 0) is 25.7 Å². The van der Waals surface area contributed by atoms with Crippen LogP contribution in [-0.2, 0) is 24.1 Å². The number of nitrogens with zero attached hydrogens (tertiary/aromatic N) is 2. The van der Waals surface area contributed by atoms with Crippen LogP contribution in [0.4, 0.5) is 4.79 Å². The number of aliphatic imine (C=N–C) groups is 1. The molecular weight excluding hydrogens is 473 g/mol. The average Bonchev–Trinajstić information content (AvgIpc) is 3.03. The van der Waals surface area contributed by atoms with Crippen molar-refractivity contribution in [3.05, 3.63) is 17.0 Å². The van der Waals surface area contributed by atoms with Gasteiger partial charge in [-0.2, -0.15) is 0 Å². The molecule has 1 unspecified atom stereocenters. The zero-order valence-corrected chi connectivity index (χ0v) is 20.3. The Morgan fingerprint density at radius 1 is 1.21 bits per heavy atom. The molecule has 0 aliphatic rings. The lowest BCUT2D eigenvalue weighted by Crippen LogP contribution is -2.47. The highest BCUT2D eigenvalue weighted by molar-refractivity contribution is 14.0. The maximum absolute atomic E-state index is 11.7. The third-order valence-corrected chi connectivity index (χ3v) is 4.13. The topological polar surface area (TPSA) is 101 Å². The van der Waals surface area contributed by atoms with Gasteiger partial charge in [0.2, 0.25) is 0 Å². The Labute approximate surface area is 185 Å². The number of halogens is 1. The van der Waals surface area contributed by atoms with Crippen molar-refractivity contribution in [1.29, 1.82) is 0 Å². The molecule has 8 nitrogen and oxygen atoms in total. The van der Waals surface area contributed by atoms with E-state index in [0.717, 1.165) is 36.3 Å². The summed E-state index contributed by atoms with van der Waals surface area (Å²) in [7, 11) is 1.72. The zero-order chi connectivity index (χ0) is 20.2. The van der Waals surface area contributed by atoms with Crippen LogP contribution in [0.15, 0.2) is 9.52 Å². The largest absolute Gasteiger partial charge is 0.450 e. The van der Waals surface area contributed by atoms with E-state index < -0.39 is 6.09 Å². The summed E-state index contributed by atoms with van der Waals surface area (Å²) in [6, 6.07) is -0.0457. The first-order valence-corrected chi connectivity index (χ1v) is 9.79. The number of amides is 1. The minimum absolute atomic E-state index is 0. The molecule has 0 aliphatic carbocycles. The molecule has 0 fully saturated rings. The van der Waals surface area contributed by atoms with E-state index >= 15 is 0 Å². The molecule has 28 heavy (non-hydrogen) atoms. The van der Waals surface area contributed by atoms with Crippen molar-refractivity contribution in [2.45, 2.75) is 66.5 Å². The lowest BCUT2D eigenvalue weighted by atomic mass is 10.0. The number of rotatable bonds is 10. The van der Waals surface area contributed by atoms with Gasteiger partial charge in [0.15, 0.2) is 5.96 Å². The maximum atomic E-state index is 11.7. The molecule has 162 valence electrons. The van der Waals surface area contributed by atoms with Crippen LogP contribution in [0.2, 0.25) is 0 Å².